The lowest BCUT2D eigenvalue weighted by atomic mass is 10.2. The quantitative estimate of drug-likeness (QED) is 0.871. The van der Waals surface area contributed by atoms with Gasteiger partial charge in [0.2, 0.25) is 0 Å². The molecule has 88 valence electrons. The highest BCUT2D eigenvalue weighted by atomic mass is 16.5. The molecule has 17 heavy (non-hydrogen) atoms. The van der Waals surface area contributed by atoms with Gasteiger partial charge < -0.3 is 9.84 Å². The van der Waals surface area contributed by atoms with Crippen molar-refractivity contribution in [3.8, 4) is 5.69 Å². The molecule has 0 saturated carbocycles. The highest BCUT2D eigenvalue weighted by Gasteiger charge is 2.07. The van der Waals surface area contributed by atoms with Crippen molar-refractivity contribution in [3.05, 3.63) is 47.8 Å². The van der Waals surface area contributed by atoms with E-state index in [0.717, 1.165) is 11.3 Å². The number of carboxylic acid groups (broad SMARTS) is 1. The van der Waals surface area contributed by atoms with E-state index in [1.165, 1.54) is 10.7 Å². The normalized spacial score (nSPS) is 10.4. The van der Waals surface area contributed by atoms with Crippen LogP contribution >= 0.6 is 0 Å². The topological polar surface area (TPSA) is 64.3 Å². The minimum Gasteiger partial charge on any atom is -0.476 e. The molecule has 1 aromatic carbocycles. The van der Waals surface area contributed by atoms with Crippen LogP contribution in [0.2, 0.25) is 0 Å². The molecular formula is C12H12N2O3. The highest BCUT2D eigenvalue weighted by molar-refractivity contribution is 5.85. The molecule has 1 aromatic heterocycles. The number of aromatic carboxylic acids is 1. The van der Waals surface area contributed by atoms with Gasteiger partial charge in [-0.2, -0.15) is 5.10 Å². The fourth-order valence-electron chi connectivity index (χ4n) is 1.54. The number of ether oxygens (including phenoxy) is 1. The van der Waals surface area contributed by atoms with Gasteiger partial charge in [-0.1, -0.05) is 12.1 Å². The van der Waals surface area contributed by atoms with E-state index < -0.39 is 5.97 Å². The fourth-order valence-corrected chi connectivity index (χ4v) is 1.54. The molecule has 0 atom stereocenters. The van der Waals surface area contributed by atoms with Crippen molar-refractivity contribution in [1.82, 2.24) is 9.78 Å². The van der Waals surface area contributed by atoms with Crippen molar-refractivity contribution in [3.63, 3.8) is 0 Å². The maximum atomic E-state index is 10.7. The van der Waals surface area contributed by atoms with E-state index in [1.54, 1.807) is 13.3 Å². The smallest absolute Gasteiger partial charge is 0.356 e. The van der Waals surface area contributed by atoms with Crippen LogP contribution in [0, 0.1) is 0 Å². The van der Waals surface area contributed by atoms with Crippen molar-refractivity contribution in [2.24, 2.45) is 0 Å². The second-order valence-electron chi connectivity index (χ2n) is 3.55. The SMILES string of the molecule is COCc1cccc(-n2ccc(C(=O)O)n2)c1. The second-order valence-corrected chi connectivity index (χ2v) is 3.55. The largest absolute Gasteiger partial charge is 0.476 e. The van der Waals surface area contributed by atoms with Gasteiger partial charge in [0.25, 0.3) is 0 Å². The Balaban J connectivity index is 2.31. The Morgan fingerprint density at radius 2 is 2.29 bits per heavy atom. The van der Waals surface area contributed by atoms with Gasteiger partial charge in [-0.15, -0.1) is 0 Å². The maximum Gasteiger partial charge on any atom is 0.356 e. The molecule has 0 aliphatic heterocycles. The molecular weight excluding hydrogens is 220 g/mol. The molecule has 2 aromatic rings. The summed E-state index contributed by atoms with van der Waals surface area (Å²) in [6.07, 6.45) is 1.62. The van der Waals surface area contributed by atoms with E-state index in [0.29, 0.717) is 6.61 Å². The number of hydrogen-bond acceptors (Lipinski definition) is 3. The molecule has 1 heterocycles. The van der Waals surface area contributed by atoms with Gasteiger partial charge in [0.15, 0.2) is 5.69 Å². The highest BCUT2D eigenvalue weighted by Crippen LogP contribution is 2.11. The molecule has 0 fully saturated rings. The van der Waals surface area contributed by atoms with Crippen LogP contribution in [0.3, 0.4) is 0 Å². The van der Waals surface area contributed by atoms with Crippen LogP contribution in [-0.2, 0) is 11.3 Å². The third kappa shape index (κ3) is 2.51. The first-order valence-electron chi connectivity index (χ1n) is 5.08. The lowest BCUT2D eigenvalue weighted by Crippen LogP contribution is -2.01. The molecule has 0 saturated heterocycles. The molecule has 0 spiro atoms. The van der Waals surface area contributed by atoms with Crippen LogP contribution in [0.25, 0.3) is 5.69 Å². The Labute approximate surface area is 98.3 Å². The van der Waals surface area contributed by atoms with Gasteiger partial charge in [-0.3, -0.25) is 0 Å². The lowest BCUT2D eigenvalue weighted by molar-refractivity contribution is 0.0690. The van der Waals surface area contributed by atoms with Crippen molar-refractivity contribution >= 4 is 5.97 Å². The van der Waals surface area contributed by atoms with Crippen LogP contribution < -0.4 is 0 Å². The Kier molecular flexibility index (Phi) is 3.20. The molecule has 0 unspecified atom stereocenters. The number of carbonyl (C=O) groups is 1. The summed E-state index contributed by atoms with van der Waals surface area (Å²) < 4.78 is 6.57. The minimum atomic E-state index is -1.03. The third-order valence-electron chi connectivity index (χ3n) is 2.29. The molecule has 0 radical (unpaired) electrons. The third-order valence-corrected chi connectivity index (χ3v) is 2.29. The number of rotatable bonds is 4. The van der Waals surface area contributed by atoms with E-state index in [4.69, 9.17) is 9.84 Å². The number of carboxylic acids is 1. The van der Waals surface area contributed by atoms with Crippen molar-refractivity contribution < 1.29 is 14.6 Å². The molecule has 5 nitrogen and oxygen atoms in total. The van der Waals surface area contributed by atoms with Crippen molar-refractivity contribution in [1.29, 1.82) is 0 Å². The average Bonchev–Trinajstić information content (AvgIpc) is 2.79. The number of hydrogen-bond donors (Lipinski definition) is 1. The maximum absolute atomic E-state index is 10.7. The standard InChI is InChI=1S/C12H12N2O3/c1-17-8-9-3-2-4-10(7-9)14-6-5-11(13-14)12(15)16/h2-7H,8H2,1H3,(H,15,16). The Morgan fingerprint density at radius 3 is 2.94 bits per heavy atom. The van der Waals surface area contributed by atoms with Crippen LogP contribution in [-0.4, -0.2) is 28.0 Å². The van der Waals surface area contributed by atoms with Gasteiger partial charge in [-0.05, 0) is 23.8 Å². The Morgan fingerprint density at radius 1 is 1.47 bits per heavy atom. The van der Waals surface area contributed by atoms with Gasteiger partial charge in [-0.25, -0.2) is 9.48 Å². The number of aromatic nitrogens is 2. The monoisotopic (exact) mass is 232 g/mol. The molecule has 0 amide bonds. The first-order valence-corrected chi connectivity index (χ1v) is 5.08. The van der Waals surface area contributed by atoms with E-state index in [9.17, 15) is 4.79 Å². The Hall–Kier alpha value is -2.14. The number of nitrogens with zero attached hydrogens (tertiary/aromatic N) is 2. The van der Waals surface area contributed by atoms with Gasteiger partial charge >= 0.3 is 5.97 Å². The lowest BCUT2D eigenvalue weighted by Gasteiger charge is -2.04. The summed E-state index contributed by atoms with van der Waals surface area (Å²) >= 11 is 0. The number of methoxy groups -OCH3 is 1. The predicted octanol–water partition coefficient (Wildman–Crippen LogP) is 1.72. The van der Waals surface area contributed by atoms with Gasteiger partial charge in [0, 0.05) is 13.3 Å². The van der Waals surface area contributed by atoms with E-state index >= 15 is 0 Å². The van der Waals surface area contributed by atoms with Crippen molar-refractivity contribution in [2.75, 3.05) is 7.11 Å². The Bertz CT molecular complexity index is 534. The number of benzene rings is 1. The predicted molar refractivity (Wildman–Crippen MR) is 61.2 cm³/mol. The van der Waals surface area contributed by atoms with Crippen LogP contribution in [0.15, 0.2) is 36.5 Å². The van der Waals surface area contributed by atoms with Gasteiger partial charge in [0.1, 0.15) is 0 Å². The van der Waals surface area contributed by atoms with Crippen LogP contribution in [0.5, 0.6) is 0 Å². The summed E-state index contributed by atoms with van der Waals surface area (Å²) in [5, 5.41) is 12.7. The van der Waals surface area contributed by atoms with Gasteiger partial charge in [0.05, 0.1) is 12.3 Å². The zero-order valence-corrected chi connectivity index (χ0v) is 9.33. The summed E-state index contributed by atoms with van der Waals surface area (Å²) in [5.41, 5.74) is 1.85. The zero-order valence-electron chi connectivity index (χ0n) is 9.33. The summed E-state index contributed by atoms with van der Waals surface area (Å²) in [7, 11) is 1.63. The zero-order chi connectivity index (χ0) is 12.3. The molecule has 0 aliphatic carbocycles. The average molecular weight is 232 g/mol. The van der Waals surface area contributed by atoms with E-state index in [-0.39, 0.29) is 5.69 Å². The molecule has 1 N–H and O–H groups in total. The molecule has 5 heteroatoms. The van der Waals surface area contributed by atoms with E-state index in [1.807, 2.05) is 24.3 Å². The summed E-state index contributed by atoms with van der Waals surface area (Å²) in [5.74, 6) is -1.03. The molecule has 0 aliphatic rings. The second kappa shape index (κ2) is 4.80. The van der Waals surface area contributed by atoms with E-state index in [2.05, 4.69) is 5.10 Å². The summed E-state index contributed by atoms with van der Waals surface area (Å²) in [6.45, 7) is 0.515. The van der Waals surface area contributed by atoms with Crippen LogP contribution in [0.1, 0.15) is 16.1 Å². The fraction of sp³-hybridized carbons (Fsp3) is 0.167. The summed E-state index contributed by atoms with van der Waals surface area (Å²) in [4.78, 5) is 10.7. The first kappa shape index (κ1) is 11.3. The molecule has 0 bridgehead atoms. The molecule has 2 rings (SSSR count). The van der Waals surface area contributed by atoms with Crippen LogP contribution in [0.4, 0.5) is 0 Å². The first-order chi connectivity index (χ1) is 8.20. The minimum absolute atomic E-state index is 0.0298. The van der Waals surface area contributed by atoms with Crippen molar-refractivity contribution in [2.45, 2.75) is 6.61 Å². The summed E-state index contributed by atoms with van der Waals surface area (Å²) in [6, 6.07) is 9.05.